The van der Waals surface area contributed by atoms with E-state index in [0.29, 0.717) is 0 Å². The number of likely N-dealkylation sites (tertiary alicyclic amines) is 1. The molecule has 0 amide bonds. The van der Waals surface area contributed by atoms with Crippen molar-refractivity contribution in [2.45, 2.75) is 58.9 Å². The van der Waals surface area contributed by atoms with E-state index in [0.717, 1.165) is 12.2 Å². The monoisotopic (exact) mass is 299 g/mol. The van der Waals surface area contributed by atoms with Crippen LogP contribution in [0.3, 0.4) is 0 Å². The number of benzene rings is 1. The summed E-state index contributed by atoms with van der Waals surface area (Å²) in [6.45, 7) is 13.7. The highest BCUT2D eigenvalue weighted by atomic mass is 15.3. The Balaban J connectivity index is 1.79. The second-order valence-electron chi connectivity index (χ2n) is 7.69. The Labute approximate surface area is 134 Å². The fourth-order valence-corrected chi connectivity index (χ4v) is 3.43. The first-order valence-electron chi connectivity index (χ1n) is 8.65. The minimum absolute atomic E-state index is 0.187. The summed E-state index contributed by atoms with van der Waals surface area (Å²) < 4.78 is 2.22. The highest BCUT2D eigenvalue weighted by Crippen LogP contribution is 2.27. The van der Waals surface area contributed by atoms with Crippen LogP contribution in [0.25, 0.3) is 10.9 Å². The van der Waals surface area contributed by atoms with Gasteiger partial charge in [0.15, 0.2) is 0 Å². The summed E-state index contributed by atoms with van der Waals surface area (Å²) in [6.07, 6.45) is 3.94. The van der Waals surface area contributed by atoms with Crippen LogP contribution < -0.4 is 0 Å². The van der Waals surface area contributed by atoms with Gasteiger partial charge in [-0.3, -0.25) is 4.68 Å². The Morgan fingerprint density at radius 3 is 2.50 bits per heavy atom. The largest absolute Gasteiger partial charge is 0.303 e. The van der Waals surface area contributed by atoms with Crippen LogP contribution in [0.15, 0.2) is 18.2 Å². The van der Waals surface area contributed by atoms with Gasteiger partial charge in [-0.1, -0.05) is 32.9 Å². The lowest BCUT2D eigenvalue weighted by atomic mass is 9.86. The maximum Gasteiger partial charge on any atom is 0.0688 e. The normalized spacial score (nSPS) is 16.7. The van der Waals surface area contributed by atoms with Gasteiger partial charge in [-0.2, -0.15) is 5.10 Å². The molecule has 1 fully saturated rings. The van der Waals surface area contributed by atoms with E-state index in [4.69, 9.17) is 5.10 Å². The molecule has 0 spiro atoms. The van der Waals surface area contributed by atoms with Crippen molar-refractivity contribution < 1.29 is 0 Å². The molecule has 0 radical (unpaired) electrons. The zero-order chi connectivity index (χ0) is 15.7. The molecular weight excluding hydrogens is 270 g/mol. The van der Waals surface area contributed by atoms with Crippen LogP contribution in [0.4, 0.5) is 0 Å². The van der Waals surface area contributed by atoms with Crippen LogP contribution in [-0.2, 0) is 12.0 Å². The molecule has 120 valence electrons. The zero-order valence-corrected chi connectivity index (χ0v) is 14.5. The molecule has 0 unspecified atom stereocenters. The van der Waals surface area contributed by atoms with Crippen molar-refractivity contribution in [2.75, 3.05) is 19.6 Å². The molecule has 2 aromatic rings. The zero-order valence-electron chi connectivity index (χ0n) is 14.5. The summed E-state index contributed by atoms with van der Waals surface area (Å²) in [6, 6.07) is 6.84. The highest BCUT2D eigenvalue weighted by Gasteiger charge is 2.17. The third-order valence-corrected chi connectivity index (χ3v) is 4.85. The van der Waals surface area contributed by atoms with Gasteiger partial charge < -0.3 is 4.90 Å². The molecule has 0 N–H and O–H groups in total. The summed E-state index contributed by atoms with van der Waals surface area (Å²) >= 11 is 0. The van der Waals surface area contributed by atoms with E-state index >= 15 is 0 Å². The van der Waals surface area contributed by atoms with Gasteiger partial charge in [0.2, 0.25) is 0 Å². The number of nitrogens with zero attached hydrogens (tertiary/aromatic N) is 3. The van der Waals surface area contributed by atoms with E-state index in [1.54, 1.807) is 0 Å². The molecule has 1 aliphatic heterocycles. The standard InChI is InChI=1S/C19H29N3/c1-15-17-9-8-16(19(2,3)4)14-18(17)22(20-15)13-7-12-21-10-5-6-11-21/h8-9,14H,5-7,10-13H2,1-4H3. The smallest absolute Gasteiger partial charge is 0.0688 e. The van der Waals surface area contributed by atoms with Crippen LogP contribution in [0.2, 0.25) is 0 Å². The van der Waals surface area contributed by atoms with Gasteiger partial charge in [0.25, 0.3) is 0 Å². The number of fused-ring (bicyclic) bond motifs is 1. The predicted octanol–water partition coefficient (Wildman–Crippen LogP) is 4.13. The van der Waals surface area contributed by atoms with E-state index in [2.05, 4.69) is 55.5 Å². The van der Waals surface area contributed by atoms with Crippen LogP contribution in [0.5, 0.6) is 0 Å². The van der Waals surface area contributed by atoms with Gasteiger partial charge in [-0.05, 0) is 62.9 Å². The number of hydrogen-bond donors (Lipinski definition) is 0. The number of rotatable bonds is 4. The van der Waals surface area contributed by atoms with Crippen LogP contribution in [0.1, 0.15) is 51.3 Å². The highest BCUT2D eigenvalue weighted by molar-refractivity contribution is 5.82. The Bertz CT molecular complexity index is 642. The van der Waals surface area contributed by atoms with E-state index in [-0.39, 0.29) is 5.41 Å². The lowest BCUT2D eigenvalue weighted by Crippen LogP contribution is -2.21. The molecule has 0 bridgehead atoms. The van der Waals surface area contributed by atoms with E-state index in [1.165, 1.54) is 55.4 Å². The molecule has 22 heavy (non-hydrogen) atoms. The molecule has 1 saturated heterocycles. The summed E-state index contributed by atoms with van der Waals surface area (Å²) in [5, 5.41) is 6.08. The Kier molecular flexibility index (Phi) is 4.26. The quantitative estimate of drug-likeness (QED) is 0.846. The van der Waals surface area contributed by atoms with E-state index in [9.17, 15) is 0 Å². The molecule has 1 aromatic heterocycles. The molecule has 0 atom stereocenters. The molecule has 0 aliphatic carbocycles. The van der Waals surface area contributed by atoms with Crippen LogP contribution in [0, 0.1) is 6.92 Å². The van der Waals surface area contributed by atoms with Gasteiger partial charge in [0.05, 0.1) is 11.2 Å². The molecule has 3 nitrogen and oxygen atoms in total. The molecule has 1 aliphatic rings. The van der Waals surface area contributed by atoms with Gasteiger partial charge >= 0.3 is 0 Å². The van der Waals surface area contributed by atoms with Crippen LogP contribution >= 0.6 is 0 Å². The van der Waals surface area contributed by atoms with Crippen molar-refractivity contribution in [3.05, 3.63) is 29.5 Å². The van der Waals surface area contributed by atoms with Gasteiger partial charge in [-0.15, -0.1) is 0 Å². The minimum Gasteiger partial charge on any atom is -0.303 e. The fraction of sp³-hybridized carbons (Fsp3) is 0.632. The molecule has 3 rings (SSSR count). The topological polar surface area (TPSA) is 21.1 Å². The Morgan fingerprint density at radius 2 is 1.82 bits per heavy atom. The lowest BCUT2D eigenvalue weighted by molar-refractivity contribution is 0.323. The summed E-state index contributed by atoms with van der Waals surface area (Å²) in [5.41, 5.74) is 4.02. The van der Waals surface area contributed by atoms with Crippen molar-refractivity contribution in [1.82, 2.24) is 14.7 Å². The second-order valence-corrected chi connectivity index (χ2v) is 7.69. The number of aryl methyl sites for hydroxylation is 2. The first-order valence-corrected chi connectivity index (χ1v) is 8.65. The maximum atomic E-state index is 4.78. The van der Waals surface area contributed by atoms with Gasteiger partial charge in [0.1, 0.15) is 0 Å². The van der Waals surface area contributed by atoms with E-state index < -0.39 is 0 Å². The summed E-state index contributed by atoms with van der Waals surface area (Å²) in [4.78, 5) is 2.58. The van der Waals surface area contributed by atoms with Crippen molar-refractivity contribution in [2.24, 2.45) is 0 Å². The first-order chi connectivity index (χ1) is 10.4. The molecule has 3 heteroatoms. The van der Waals surface area contributed by atoms with Crippen molar-refractivity contribution in [3.63, 3.8) is 0 Å². The van der Waals surface area contributed by atoms with Crippen LogP contribution in [-0.4, -0.2) is 34.3 Å². The third kappa shape index (κ3) is 3.19. The average Bonchev–Trinajstić information content (AvgIpc) is 3.07. The second kappa shape index (κ2) is 6.04. The Morgan fingerprint density at radius 1 is 1.09 bits per heavy atom. The van der Waals surface area contributed by atoms with Crippen molar-refractivity contribution in [1.29, 1.82) is 0 Å². The SMILES string of the molecule is Cc1nn(CCCN2CCCC2)c2cc(C(C)(C)C)ccc12. The lowest BCUT2D eigenvalue weighted by Gasteiger charge is -2.19. The molecular formula is C19H29N3. The Hall–Kier alpha value is -1.35. The maximum absolute atomic E-state index is 4.78. The fourth-order valence-electron chi connectivity index (χ4n) is 3.43. The molecule has 2 heterocycles. The van der Waals surface area contributed by atoms with Crippen molar-refractivity contribution in [3.8, 4) is 0 Å². The first kappa shape index (κ1) is 15.5. The number of aromatic nitrogens is 2. The van der Waals surface area contributed by atoms with Gasteiger partial charge in [0, 0.05) is 11.9 Å². The third-order valence-electron chi connectivity index (χ3n) is 4.85. The summed E-state index contributed by atoms with van der Waals surface area (Å²) in [7, 11) is 0. The average molecular weight is 299 g/mol. The molecule has 0 saturated carbocycles. The van der Waals surface area contributed by atoms with Gasteiger partial charge in [-0.25, -0.2) is 0 Å². The van der Waals surface area contributed by atoms with E-state index in [1.807, 2.05) is 0 Å². The number of hydrogen-bond acceptors (Lipinski definition) is 2. The summed E-state index contributed by atoms with van der Waals surface area (Å²) in [5.74, 6) is 0. The predicted molar refractivity (Wildman–Crippen MR) is 93.5 cm³/mol. The van der Waals surface area contributed by atoms with Crippen molar-refractivity contribution >= 4 is 10.9 Å². The molecule has 1 aromatic carbocycles. The minimum atomic E-state index is 0.187.